The molecule has 0 atom stereocenters. The topological polar surface area (TPSA) is 50.7 Å². The molecule has 0 radical (unpaired) electrons. The number of carbonyl (C=O) groups is 1. The third-order valence-electron chi connectivity index (χ3n) is 3.61. The van der Waals surface area contributed by atoms with Gasteiger partial charge in [0.2, 0.25) is 0 Å². The van der Waals surface area contributed by atoms with E-state index in [0.717, 1.165) is 16.9 Å². The predicted molar refractivity (Wildman–Crippen MR) is 98.7 cm³/mol. The number of hydrogen-bond acceptors (Lipinski definition) is 3. The van der Waals surface area contributed by atoms with E-state index in [1.54, 1.807) is 0 Å². The molecule has 3 aromatic carbocycles. The van der Waals surface area contributed by atoms with Crippen molar-refractivity contribution >= 4 is 12.1 Å². The Morgan fingerprint density at radius 1 is 0.962 bits per heavy atom. The molecule has 4 nitrogen and oxygen atoms in total. The van der Waals surface area contributed by atoms with Gasteiger partial charge < -0.3 is 4.74 Å². The number of hydrazone groups is 1. The Balaban J connectivity index is 1.51. The normalized spacial score (nSPS) is 10.7. The van der Waals surface area contributed by atoms with Gasteiger partial charge in [0.25, 0.3) is 5.91 Å². The highest BCUT2D eigenvalue weighted by atomic mass is 19.1. The van der Waals surface area contributed by atoms with Crippen LogP contribution in [0.5, 0.6) is 5.75 Å². The zero-order valence-corrected chi connectivity index (χ0v) is 13.9. The lowest BCUT2D eigenvalue weighted by Crippen LogP contribution is -2.17. The van der Waals surface area contributed by atoms with Crippen LogP contribution in [0.1, 0.15) is 21.5 Å². The maximum absolute atomic E-state index is 12.8. The minimum Gasteiger partial charge on any atom is -0.489 e. The lowest BCUT2D eigenvalue weighted by Gasteiger charge is -2.06. The highest BCUT2D eigenvalue weighted by Crippen LogP contribution is 2.13. The van der Waals surface area contributed by atoms with Gasteiger partial charge in [-0.1, -0.05) is 30.3 Å². The Labute approximate surface area is 150 Å². The Hall–Kier alpha value is -3.47. The zero-order valence-electron chi connectivity index (χ0n) is 13.9. The summed E-state index contributed by atoms with van der Waals surface area (Å²) in [6, 6.07) is 22.5. The first-order chi connectivity index (χ1) is 12.7. The SMILES string of the molecule is O=C(N/N=C/c1ccc(OCc2ccccc2)cc1)c1ccc(F)cc1. The van der Waals surface area contributed by atoms with Crippen molar-refractivity contribution in [3.63, 3.8) is 0 Å². The Morgan fingerprint density at radius 3 is 2.35 bits per heavy atom. The molecule has 0 aliphatic rings. The van der Waals surface area contributed by atoms with Gasteiger partial charge in [0.15, 0.2) is 0 Å². The summed E-state index contributed by atoms with van der Waals surface area (Å²) >= 11 is 0. The molecule has 0 saturated heterocycles. The Kier molecular flexibility index (Phi) is 5.72. The van der Waals surface area contributed by atoms with Crippen LogP contribution in [0.15, 0.2) is 84.0 Å². The van der Waals surface area contributed by atoms with Crippen LogP contribution in [-0.2, 0) is 6.61 Å². The van der Waals surface area contributed by atoms with Crippen molar-refractivity contribution in [1.82, 2.24) is 5.43 Å². The third kappa shape index (κ3) is 5.01. The van der Waals surface area contributed by atoms with E-state index in [1.165, 1.54) is 30.5 Å². The molecule has 0 spiro atoms. The van der Waals surface area contributed by atoms with Crippen LogP contribution in [0.3, 0.4) is 0 Å². The Bertz CT molecular complexity index is 876. The van der Waals surface area contributed by atoms with Gasteiger partial charge in [0.1, 0.15) is 18.2 Å². The molecule has 1 N–H and O–H groups in total. The van der Waals surface area contributed by atoms with E-state index in [-0.39, 0.29) is 5.82 Å². The molecule has 0 heterocycles. The molecule has 0 fully saturated rings. The smallest absolute Gasteiger partial charge is 0.271 e. The number of amides is 1. The van der Waals surface area contributed by atoms with Crippen LogP contribution in [0.4, 0.5) is 4.39 Å². The minimum absolute atomic E-state index is 0.341. The van der Waals surface area contributed by atoms with Crippen molar-refractivity contribution in [3.05, 3.63) is 101 Å². The van der Waals surface area contributed by atoms with E-state index in [4.69, 9.17) is 4.74 Å². The average molecular weight is 348 g/mol. The first-order valence-electron chi connectivity index (χ1n) is 8.06. The molecule has 3 rings (SSSR count). The molecular formula is C21H17FN2O2. The zero-order chi connectivity index (χ0) is 18.2. The van der Waals surface area contributed by atoms with E-state index in [9.17, 15) is 9.18 Å². The number of benzene rings is 3. The van der Waals surface area contributed by atoms with Gasteiger partial charge >= 0.3 is 0 Å². The molecule has 0 aliphatic heterocycles. The van der Waals surface area contributed by atoms with Crippen molar-refractivity contribution in [2.75, 3.05) is 0 Å². The highest BCUT2D eigenvalue weighted by Gasteiger charge is 2.03. The van der Waals surface area contributed by atoms with Crippen molar-refractivity contribution in [3.8, 4) is 5.75 Å². The third-order valence-corrected chi connectivity index (χ3v) is 3.61. The lowest BCUT2D eigenvalue weighted by molar-refractivity contribution is 0.0955. The molecule has 1 amide bonds. The van der Waals surface area contributed by atoms with E-state index in [2.05, 4.69) is 10.5 Å². The second-order valence-electron chi connectivity index (χ2n) is 5.55. The average Bonchev–Trinajstić information content (AvgIpc) is 2.68. The number of nitrogens with zero attached hydrogens (tertiary/aromatic N) is 1. The summed E-state index contributed by atoms with van der Waals surface area (Å²) in [6.45, 7) is 0.502. The number of carbonyl (C=O) groups excluding carboxylic acids is 1. The van der Waals surface area contributed by atoms with Crippen LogP contribution in [-0.4, -0.2) is 12.1 Å². The van der Waals surface area contributed by atoms with Crippen molar-refractivity contribution in [1.29, 1.82) is 0 Å². The fourth-order valence-corrected chi connectivity index (χ4v) is 2.22. The van der Waals surface area contributed by atoms with Crippen LogP contribution >= 0.6 is 0 Å². The van der Waals surface area contributed by atoms with Gasteiger partial charge in [-0.15, -0.1) is 0 Å². The predicted octanol–water partition coefficient (Wildman–Crippen LogP) is 4.17. The molecule has 0 saturated carbocycles. The minimum atomic E-state index is -0.399. The number of halogens is 1. The van der Waals surface area contributed by atoms with Gasteiger partial charge in [0, 0.05) is 5.56 Å². The van der Waals surface area contributed by atoms with Crippen LogP contribution < -0.4 is 10.2 Å². The van der Waals surface area contributed by atoms with Gasteiger partial charge in [-0.05, 0) is 59.7 Å². The monoisotopic (exact) mass is 348 g/mol. The molecule has 0 bridgehead atoms. The summed E-state index contributed by atoms with van der Waals surface area (Å²) in [5.74, 6) is -0.0370. The van der Waals surface area contributed by atoms with Crippen LogP contribution in [0.25, 0.3) is 0 Å². The number of hydrogen-bond donors (Lipinski definition) is 1. The van der Waals surface area contributed by atoms with Crippen molar-refractivity contribution in [2.45, 2.75) is 6.61 Å². The summed E-state index contributed by atoms with van der Waals surface area (Å²) in [5, 5.41) is 3.90. The molecule has 26 heavy (non-hydrogen) atoms. The lowest BCUT2D eigenvalue weighted by atomic mass is 10.2. The largest absolute Gasteiger partial charge is 0.489 e. The second-order valence-corrected chi connectivity index (χ2v) is 5.55. The maximum atomic E-state index is 12.8. The fourth-order valence-electron chi connectivity index (χ4n) is 2.22. The summed E-state index contributed by atoms with van der Waals surface area (Å²) in [7, 11) is 0. The molecule has 0 unspecified atom stereocenters. The van der Waals surface area contributed by atoms with Crippen molar-refractivity contribution in [2.24, 2.45) is 5.10 Å². The maximum Gasteiger partial charge on any atom is 0.271 e. The van der Waals surface area contributed by atoms with Gasteiger partial charge in [-0.2, -0.15) is 5.10 Å². The number of rotatable bonds is 6. The molecule has 0 aromatic heterocycles. The quantitative estimate of drug-likeness (QED) is 0.537. The molecule has 130 valence electrons. The van der Waals surface area contributed by atoms with E-state index < -0.39 is 5.91 Å². The first-order valence-corrected chi connectivity index (χ1v) is 8.06. The van der Waals surface area contributed by atoms with Gasteiger partial charge in [-0.3, -0.25) is 4.79 Å². The van der Waals surface area contributed by atoms with E-state index in [1.807, 2.05) is 54.6 Å². The molecule has 0 aliphatic carbocycles. The second kappa shape index (κ2) is 8.58. The summed E-state index contributed by atoms with van der Waals surface area (Å²) in [4.78, 5) is 11.9. The van der Waals surface area contributed by atoms with Gasteiger partial charge in [-0.25, -0.2) is 9.82 Å². The van der Waals surface area contributed by atoms with Gasteiger partial charge in [0.05, 0.1) is 6.21 Å². The highest BCUT2D eigenvalue weighted by molar-refractivity contribution is 5.94. The summed E-state index contributed by atoms with van der Waals surface area (Å²) in [6.07, 6.45) is 1.53. The molecular weight excluding hydrogens is 331 g/mol. The summed E-state index contributed by atoms with van der Waals surface area (Å²) in [5.41, 5.74) is 4.66. The van der Waals surface area contributed by atoms with E-state index >= 15 is 0 Å². The first kappa shape index (κ1) is 17.4. The molecule has 3 aromatic rings. The van der Waals surface area contributed by atoms with E-state index in [0.29, 0.717) is 12.2 Å². The fraction of sp³-hybridized carbons (Fsp3) is 0.0476. The standard InChI is InChI=1S/C21H17FN2O2/c22-19-10-8-18(9-11-19)21(25)24-23-14-16-6-12-20(13-7-16)26-15-17-4-2-1-3-5-17/h1-14H,15H2,(H,24,25)/b23-14+. The Morgan fingerprint density at radius 2 is 1.65 bits per heavy atom. The number of ether oxygens (including phenoxy) is 1. The number of nitrogens with one attached hydrogen (secondary N) is 1. The summed E-state index contributed by atoms with van der Waals surface area (Å²) < 4.78 is 18.5. The van der Waals surface area contributed by atoms with Crippen LogP contribution in [0, 0.1) is 5.82 Å². The molecule has 5 heteroatoms. The van der Waals surface area contributed by atoms with Crippen LogP contribution in [0.2, 0.25) is 0 Å². The van der Waals surface area contributed by atoms with Crippen molar-refractivity contribution < 1.29 is 13.9 Å².